The number of nitriles is 1. The molecule has 1 aliphatic carbocycles. The van der Waals surface area contributed by atoms with Gasteiger partial charge in [-0.1, -0.05) is 45.8 Å². The minimum absolute atomic E-state index is 0.0143. The molecule has 0 radical (unpaired) electrons. The van der Waals surface area contributed by atoms with E-state index in [2.05, 4.69) is 72.2 Å². The fourth-order valence-corrected chi connectivity index (χ4v) is 6.81. The molecule has 3 aromatic rings. The lowest BCUT2D eigenvalue weighted by molar-refractivity contribution is -0.116. The van der Waals surface area contributed by atoms with E-state index in [0.29, 0.717) is 35.0 Å². The number of halogens is 2. The Labute approximate surface area is 241 Å². The average molecular weight is 603 g/mol. The number of ketones is 1. The Bertz CT molecular complexity index is 1590. The minimum Gasteiger partial charge on any atom is -0.384 e. The molecule has 1 unspecified atom stereocenters. The van der Waals surface area contributed by atoms with Crippen LogP contribution in [-0.4, -0.2) is 5.78 Å². The van der Waals surface area contributed by atoms with Gasteiger partial charge in [0.15, 0.2) is 5.78 Å². The minimum atomic E-state index is -0.587. The third-order valence-corrected chi connectivity index (χ3v) is 9.07. The summed E-state index contributed by atoms with van der Waals surface area (Å²) in [4.78, 5) is 16.3. The lowest BCUT2D eigenvalue weighted by Gasteiger charge is -2.40. The predicted molar refractivity (Wildman–Crippen MR) is 159 cm³/mol. The van der Waals surface area contributed by atoms with E-state index < -0.39 is 11.7 Å². The predicted octanol–water partition coefficient (Wildman–Crippen LogP) is 8.11. The number of thioether (sulfide) groups is 1. The van der Waals surface area contributed by atoms with E-state index in [0.717, 1.165) is 28.0 Å². The SMILES string of the molecule is Cc1ccc(SCc2cc(C3C(C#N)=C(N)N(c4ccc(Br)cc4F)C4=C3C(=O)CCC4)c(C)cc2C)cc1. The van der Waals surface area contributed by atoms with Gasteiger partial charge in [-0.15, -0.1) is 11.8 Å². The quantitative estimate of drug-likeness (QED) is 0.299. The first kappa shape index (κ1) is 27.2. The van der Waals surface area contributed by atoms with Gasteiger partial charge in [0.2, 0.25) is 0 Å². The molecule has 2 aliphatic rings. The zero-order valence-corrected chi connectivity index (χ0v) is 24.5. The number of rotatable bonds is 5. The highest BCUT2D eigenvalue weighted by Crippen LogP contribution is 2.48. The normalized spacial score (nSPS) is 17.4. The van der Waals surface area contributed by atoms with Crippen molar-refractivity contribution in [1.29, 1.82) is 5.26 Å². The molecule has 0 saturated carbocycles. The average Bonchev–Trinajstić information content (AvgIpc) is 2.90. The summed E-state index contributed by atoms with van der Waals surface area (Å²) < 4.78 is 15.8. The Morgan fingerprint density at radius 3 is 2.51 bits per heavy atom. The van der Waals surface area contributed by atoms with E-state index in [1.54, 1.807) is 28.8 Å². The van der Waals surface area contributed by atoms with Crippen molar-refractivity contribution >= 4 is 39.2 Å². The molecule has 1 heterocycles. The molecule has 0 spiro atoms. The zero-order valence-electron chi connectivity index (χ0n) is 22.1. The maximum atomic E-state index is 15.2. The number of hydrogen-bond acceptors (Lipinski definition) is 5. The van der Waals surface area contributed by atoms with Crippen molar-refractivity contribution in [3.63, 3.8) is 0 Å². The van der Waals surface area contributed by atoms with Crippen molar-refractivity contribution < 1.29 is 9.18 Å². The molecule has 0 fully saturated rings. The van der Waals surface area contributed by atoms with Crippen molar-refractivity contribution in [1.82, 2.24) is 0 Å². The van der Waals surface area contributed by atoms with Gasteiger partial charge in [0.1, 0.15) is 11.6 Å². The van der Waals surface area contributed by atoms with E-state index in [1.165, 1.54) is 16.5 Å². The van der Waals surface area contributed by atoms with E-state index in [9.17, 15) is 10.1 Å². The first-order valence-electron chi connectivity index (χ1n) is 12.9. The molecule has 4 nitrogen and oxygen atoms in total. The third-order valence-electron chi connectivity index (χ3n) is 7.51. The van der Waals surface area contributed by atoms with Crippen LogP contribution in [0.15, 0.2) is 86.6 Å². The van der Waals surface area contributed by atoms with Gasteiger partial charge in [-0.25, -0.2) is 4.39 Å². The summed E-state index contributed by atoms with van der Waals surface area (Å²) in [5, 5.41) is 10.4. The molecule has 0 aromatic heterocycles. The maximum Gasteiger partial charge on any atom is 0.161 e. The summed E-state index contributed by atoms with van der Waals surface area (Å²) in [6.45, 7) is 6.17. The fraction of sp³-hybridized carbons (Fsp3) is 0.250. The second-order valence-electron chi connectivity index (χ2n) is 10.1. The van der Waals surface area contributed by atoms with Gasteiger partial charge in [-0.2, -0.15) is 5.26 Å². The van der Waals surface area contributed by atoms with Gasteiger partial charge in [0, 0.05) is 32.8 Å². The zero-order chi connectivity index (χ0) is 27.8. The summed E-state index contributed by atoms with van der Waals surface area (Å²) in [7, 11) is 0. The van der Waals surface area contributed by atoms with Gasteiger partial charge < -0.3 is 5.73 Å². The molecule has 0 saturated heterocycles. The van der Waals surface area contributed by atoms with Gasteiger partial charge >= 0.3 is 0 Å². The smallest absolute Gasteiger partial charge is 0.161 e. The van der Waals surface area contributed by atoms with Crippen LogP contribution in [0, 0.1) is 37.9 Å². The monoisotopic (exact) mass is 601 g/mol. The molecule has 2 N–H and O–H groups in total. The third kappa shape index (κ3) is 5.16. The van der Waals surface area contributed by atoms with Crippen molar-refractivity contribution in [3.8, 4) is 6.07 Å². The van der Waals surface area contributed by atoms with Crippen LogP contribution >= 0.6 is 27.7 Å². The van der Waals surface area contributed by atoms with E-state index in [1.807, 2.05) is 6.92 Å². The van der Waals surface area contributed by atoms with Crippen molar-refractivity contribution in [2.75, 3.05) is 4.90 Å². The van der Waals surface area contributed by atoms with Crippen LogP contribution in [0.3, 0.4) is 0 Å². The van der Waals surface area contributed by atoms with Crippen LogP contribution in [-0.2, 0) is 10.5 Å². The van der Waals surface area contributed by atoms with E-state index in [-0.39, 0.29) is 22.9 Å². The highest BCUT2D eigenvalue weighted by atomic mass is 79.9. The van der Waals surface area contributed by atoms with Crippen LogP contribution in [0.2, 0.25) is 0 Å². The molecule has 5 rings (SSSR count). The molecule has 7 heteroatoms. The molecular weight excluding hydrogens is 573 g/mol. The largest absolute Gasteiger partial charge is 0.384 e. The molecule has 0 amide bonds. The molecule has 1 atom stereocenters. The lowest BCUT2D eigenvalue weighted by Crippen LogP contribution is -2.39. The first-order chi connectivity index (χ1) is 18.7. The Morgan fingerprint density at radius 2 is 1.82 bits per heavy atom. The highest BCUT2D eigenvalue weighted by Gasteiger charge is 2.41. The second-order valence-corrected chi connectivity index (χ2v) is 12.1. The number of benzene rings is 3. The van der Waals surface area contributed by atoms with Crippen molar-refractivity contribution in [3.05, 3.63) is 115 Å². The Balaban J connectivity index is 1.63. The number of nitrogens with zero attached hydrogens (tertiary/aromatic N) is 2. The Hall–Kier alpha value is -3.34. The van der Waals surface area contributed by atoms with Crippen molar-refractivity contribution in [2.24, 2.45) is 5.73 Å². The van der Waals surface area contributed by atoms with Crippen LogP contribution in [0.1, 0.15) is 53.0 Å². The first-order valence-corrected chi connectivity index (χ1v) is 14.7. The maximum absolute atomic E-state index is 15.2. The molecule has 0 bridgehead atoms. The number of hydrogen-bond donors (Lipinski definition) is 1. The number of Topliss-reactive ketones (excluding diaryl/α,β-unsaturated/α-hetero) is 1. The summed E-state index contributed by atoms with van der Waals surface area (Å²) in [5.74, 6) is -0.148. The number of carbonyl (C=O) groups excluding carboxylic acids is 1. The van der Waals surface area contributed by atoms with E-state index in [4.69, 9.17) is 5.73 Å². The van der Waals surface area contributed by atoms with Gasteiger partial charge in [0.05, 0.1) is 23.2 Å². The van der Waals surface area contributed by atoms with Gasteiger partial charge in [0.25, 0.3) is 0 Å². The summed E-state index contributed by atoms with van der Waals surface area (Å²) in [6, 6.07) is 19.7. The van der Waals surface area contributed by atoms with Gasteiger partial charge in [-0.3, -0.25) is 9.69 Å². The molecule has 1 aliphatic heterocycles. The van der Waals surface area contributed by atoms with Crippen LogP contribution < -0.4 is 10.6 Å². The summed E-state index contributed by atoms with van der Waals surface area (Å²) >= 11 is 5.06. The second kappa shape index (κ2) is 11.0. The standard InChI is InChI=1S/C32H29BrFN3OS/c1-18-7-10-23(11-8-18)39-17-21-14-24(20(3)13-19(21)2)30-25(16-35)32(36)37(27-12-9-22(33)15-26(27)34)28-5-4-6-29(38)31(28)30/h7-15,30H,4-6,17,36H2,1-3H3. The van der Waals surface area contributed by atoms with Gasteiger partial charge in [-0.05, 0) is 86.2 Å². The number of aryl methyl sites for hydroxylation is 3. The summed E-state index contributed by atoms with van der Waals surface area (Å²) in [6.07, 6.45) is 1.62. The van der Waals surface area contributed by atoms with Crippen LogP contribution in [0.4, 0.5) is 10.1 Å². The lowest BCUT2D eigenvalue weighted by atomic mass is 9.74. The number of nitrogens with two attached hydrogens (primary N) is 1. The number of allylic oxidation sites excluding steroid dienone is 3. The molecule has 3 aromatic carbocycles. The number of carbonyl (C=O) groups is 1. The topological polar surface area (TPSA) is 70.1 Å². The highest BCUT2D eigenvalue weighted by molar-refractivity contribution is 9.10. The van der Waals surface area contributed by atoms with Crippen LogP contribution in [0.5, 0.6) is 0 Å². The summed E-state index contributed by atoms with van der Waals surface area (Å²) in [5.41, 5.74) is 13.8. The molecular formula is C32H29BrFN3OS. The Morgan fingerprint density at radius 1 is 1.08 bits per heavy atom. The molecule has 39 heavy (non-hydrogen) atoms. The Kier molecular flexibility index (Phi) is 7.70. The molecule has 198 valence electrons. The van der Waals surface area contributed by atoms with E-state index >= 15 is 4.39 Å². The van der Waals surface area contributed by atoms with Crippen molar-refractivity contribution in [2.45, 2.75) is 56.6 Å². The fourth-order valence-electron chi connectivity index (χ4n) is 5.51. The number of anilines is 1. The van der Waals surface area contributed by atoms with Crippen LogP contribution in [0.25, 0.3) is 0 Å².